The Bertz CT molecular complexity index is 684. The van der Waals surface area contributed by atoms with Crippen LogP contribution >= 0.6 is 11.8 Å². The smallest absolute Gasteiger partial charge is 0.240 e. The lowest BCUT2D eigenvalue weighted by molar-refractivity contribution is -0.122. The van der Waals surface area contributed by atoms with Crippen molar-refractivity contribution >= 4 is 34.4 Å². The standard InChI is InChI=1S/C20H27N3O3S/c1-2-12-26-16-10-8-15(9-11-16)21-18(24)13-17-19(25)23-20(27-17)22-14-6-4-3-5-7-14/h8-11,14,17H,2-7,12-13H2,1H3,(H,21,24)(H,22,23,25). The van der Waals surface area contributed by atoms with Crippen LogP contribution in [0.25, 0.3) is 0 Å². The number of amidine groups is 1. The van der Waals surface area contributed by atoms with Gasteiger partial charge in [-0.15, -0.1) is 0 Å². The van der Waals surface area contributed by atoms with E-state index in [-0.39, 0.29) is 18.2 Å². The minimum atomic E-state index is -0.417. The first-order valence-electron chi connectivity index (χ1n) is 9.72. The van der Waals surface area contributed by atoms with Crippen molar-refractivity contribution in [2.45, 2.75) is 63.2 Å². The van der Waals surface area contributed by atoms with Gasteiger partial charge in [0.05, 0.1) is 12.6 Å². The topological polar surface area (TPSA) is 79.8 Å². The van der Waals surface area contributed by atoms with Gasteiger partial charge in [-0.1, -0.05) is 37.9 Å². The van der Waals surface area contributed by atoms with Gasteiger partial charge in [-0.05, 0) is 43.5 Å². The van der Waals surface area contributed by atoms with Gasteiger partial charge in [0.1, 0.15) is 11.0 Å². The van der Waals surface area contributed by atoms with Gasteiger partial charge in [0, 0.05) is 12.1 Å². The highest BCUT2D eigenvalue weighted by atomic mass is 32.2. The summed E-state index contributed by atoms with van der Waals surface area (Å²) in [5.41, 5.74) is 0.698. The number of ether oxygens (including phenoxy) is 1. The number of carbonyl (C=O) groups excluding carboxylic acids is 2. The number of amides is 2. The molecular formula is C20H27N3O3S. The number of aliphatic imine (C=N–C) groups is 1. The van der Waals surface area contributed by atoms with E-state index in [2.05, 4.69) is 22.5 Å². The largest absolute Gasteiger partial charge is 0.494 e. The quantitative estimate of drug-likeness (QED) is 0.745. The van der Waals surface area contributed by atoms with Crippen LogP contribution in [0.4, 0.5) is 5.69 Å². The summed E-state index contributed by atoms with van der Waals surface area (Å²) >= 11 is 1.37. The van der Waals surface area contributed by atoms with Crippen molar-refractivity contribution in [2.24, 2.45) is 4.99 Å². The average molecular weight is 390 g/mol. The molecule has 1 aromatic rings. The molecule has 0 bridgehead atoms. The molecule has 27 heavy (non-hydrogen) atoms. The molecule has 3 rings (SSSR count). The summed E-state index contributed by atoms with van der Waals surface area (Å²) in [5, 5.41) is 5.92. The molecule has 2 amide bonds. The fourth-order valence-corrected chi connectivity index (χ4v) is 4.25. The molecule has 1 saturated heterocycles. The maximum atomic E-state index is 12.3. The molecule has 2 fully saturated rings. The molecule has 1 saturated carbocycles. The Balaban J connectivity index is 1.48. The third-order valence-corrected chi connectivity index (χ3v) is 5.73. The van der Waals surface area contributed by atoms with Crippen molar-refractivity contribution in [3.05, 3.63) is 24.3 Å². The molecular weight excluding hydrogens is 362 g/mol. The molecule has 1 unspecified atom stereocenters. The summed E-state index contributed by atoms with van der Waals surface area (Å²) in [6.07, 6.45) is 6.93. The van der Waals surface area contributed by atoms with Gasteiger partial charge in [0.2, 0.25) is 11.8 Å². The molecule has 1 aliphatic carbocycles. The highest BCUT2D eigenvalue weighted by molar-refractivity contribution is 8.15. The maximum absolute atomic E-state index is 12.3. The van der Waals surface area contributed by atoms with Crippen LogP contribution in [0, 0.1) is 0 Å². The van der Waals surface area contributed by atoms with Crippen molar-refractivity contribution in [3.8, 4) is 5.75 Å². The van der Waals surface area contributed by atoms with E-state index in [0.717, 1.165) is 25.0 Å². The Labute approximate surface area is 164 Å². The summed E-state index contributed by atoms with van der Waals surface area (Å²) < 4.78 is 5.53. The van der Waals surface area contributed by atoms with Crippen LogP contribution in [0.5, 0.6) is 5.75 Å². The number of rotatable bonds is 7. The van der Waals surface area contributed by atoms with E-state index in [1.807, 2.05) is 12.1 Å². The second-order valence-corrected chi connectivity index (χ2v) is 8.14. The third-order valence-electron chi connectivity index (χ3n) is 4.63. The van der Waals surface area contributed by atoms with Gasteiger partial charge in [0.15, 0.2) is 5.17 Å². The fraction of sp³-hybridized carbons (Fsp3) is 0.550. The Kier molecular flexibility index (Phi) is 7.15. The minimum Gasteiger partial charge on any atom is -0.494 e. The first-order valence-corrected chi connectivity index (χ1v) is 10.6. The predicted molar refractivity (Wildman–Crippen MR) is 109 cm³/mol. The predicted octanol–water partition coefficient (Wildman–Crippen LogP) is 3.72. The normalized spacial score (nSPS) is 21.9. The zero-order chi connectivity index (χ0) is 19.1. The highest BCUT2D eigenvalue weighted by Gasteiger charge is 2.32. The zero-order valence-electron chi connectivity index (χ0n) is 15.7. The second-order valence-electron chi connectivity index (χ2n) is 6.95. The summed E-state index contributed by atoms with van der Waals surface area (Å²) in [6.45, 7) is 2.72. The molecule has 0 spiro atoms. The number of carbonyl (C=O) groups is 2. The number of hydrogen-bond donors (Lipinski definition) is 2. The number of thioether (sulfide) groups is 1. The van der Waals surface area contributed by atoms with Crippen LogP contribution in [-0.4, -0.2) is 34.9 Å². The molecule has 0 aromatic heterocycles. The Hall–Kier alpha value is -2.02. The molecule has 2 N–H and O–H groups in total. The van der Waals surface area contributed by atoms with Crippen molar-refractivity contribution in [1.29, 1.82) is 0 Å². The molecule has 0 radical (unpaired) electrons. The van der Waals surface area contributed by atoms with Crippen LogP contribution < -0.4 is 15.4 Å². The van der Waals surface area contributed by atoms with E-state index in [9.17, 15) is 9.59 Å². The summed E-state index contributed by atoms with van der Waals surface area (Å²) in [6, 6.07) is 7.58. The van der Waals surface area contributed by atoms with Crippen LogP contribution in [-0.2, 0) is 9.59 Å². The lowest BCUT2D eigenvalue weighted by Gasteiger charge is -2.17. The van der Waals surface area contributed by atoms with Gasteiger partial charge in [-0.25, -0.2) is 0 Å². The van der Waals surface area contributed by atoms with Crippen LogP contribution in [0.15, 0.2) is 29.3 Å². The molecule has 6 nitrogen and oxygen atoms in total. The van der Waals surface area contributed by atoms with Crippen molar-refractivity contribution in [3.63, 3.8) is 0 Å². The molecule has 7 heteroatoms. The Morgan fingerprint density at radius 1 is 1.26 bits per heavy atom. The monoisotopic (exact) mass is 389 g/mol. The second kappa shape index (κ2) is 9.78. The van der Waals surface area contributed by atoms with E-state index in [4.69, 9.17) is 4.74 Å². The van der Waals surface area contributed by atoms with Crippen LogP contribution in [0.2, 0.25) is 0 Å². The first kappa shape index (κ1) is 19.7. The lowest BCUT2D eigenvalue weighted by atomic mass is 9.96. The first-order chi connectivity index (χ1) is 13.1. The Morgan fingerprint density at radius 2 is 2.00 bits per heavy atom. The average Bonchev–Trinajstić information content (AvgIpc) is 3.00. The van der Waals surface area contributed by atoms with E-state index in [1.54, 1.807) is 12.1 Å². The molecule has 1 aromatic carbocycles. The van der Waals surface area contributed by atoms with Crippen molar-refractivity contribution in [2.75, 3.05) is 11.9 Å². The number of benzene rings is 1. The number of nitrogens with one attached hydrogen (secondary N) is 2. The number of nitrogens with zero attached hydrogens (tertiary/aromatic N) is 1. The third kappa shape index (κ3) is 5.99. The lowest BCUT2D eigenvalue weighted by Crippen LogP contribution is -2.28. The van der Waals surface area contributed by atoms with E-state index < -0.39 is 5.25 Å². The summed E-state index contributed by atoms with van der Waals surface area (Å²) in [4.78, 5) is 29.1. The fourth-order valence-electron chi connectivity index (χ4n) is 3.21. The van der Waals surface area contributed by atoms with E-state index >= 15 is 0 Å². The van der Waals surface area contributed by atoms with E-state index in [0.29, 0.717) is 23.5 Å². The highest BCUT2D eigenvalue weighted by Crippen LogP contribution is 2.27. The number of anilines is 1. The van der Waals surface area contributed by atoms with Crippen molar-refractivity contribution < 1.29 is 14.3 Å². The van der Waals surface area contributed by atoms with Gasteiger partial charge in [-0.2, -0.15) is 0 Å². The van der Waals surface area contributed by atoms with E-state index in [1.165, 1.54) is 31.0 Å². The molecule has 2 aliphatic rings. The Morgan fingerprint density at radius 3 is 2.70 bits per heavy atom. The van der Waals surface area contributed by atoms with Gasteiger partial charge in [-0.3, -0.25) is 14.6 Å². The molecule has 1 heterocycles. The summed E-state index contributed by atoms with van der Waals surface area (Å²) in [5.74, 6) is 0.473. The molecule has 1 aliphatic heterocycles. The van der Waals surface area contributed by atoms with Crippen molar-refractivity contribution in [1.82, 2.24) is 5.32 Å². The summed E-state index contributed by atoms with van der Waals surface area (Å²) in [7, 11) is 0. The van der Waals surface area contributed by atoms with Crippen LogP contribution in [0.1, 0.15) is 51.9 Å². The van der Waals surface area contributed by atoms with Crippen LogP contribution in [0.3, 0.4) is 0 Å². The molecule has 146 valence electrons. The van der Waals surface area contributed by atoms with Gasteiger partial charge >= 0.3 is 0 Å². The molecule has 1 atom stereocenters. The minimum absolute atomic E-state index is 0.131. The van der Waals surface area contributed by atoms with Gasteiger partial charge < -0.3 is 15.4 Å². The maximum Gasteiger partial charge on any atom is 0.240 e. The number of hydrogen-bond acceptors (Lipinski definition) is 5. The zero-order valence-corrected chi connectivity index (χ0v) is 16.5. The SMILES string of the molecule is CCCOc1ccc(NC(=O)CC2SC(=NC3CCCCC3)NC2=O)cc1. The van der Waals surface area contributed by atoms with Gasteiger partial charge in [0.25, 0.3) is 0 Å².